The van der Waals surface area contributed by atoms with E-state index in [0.717, 1.165) is 85.9 Å². The molecular weight excluding hydrogens is 881 g/mol. The van der Waals surface area contributed by atoms with Gasteiger partial charge in [-0.15, -0.1) is 0 Å². The fourth-order valence-electron chi connectivity index (χ4n) is 10.4. The lowest BCUT2D eigenvalue weighted by molar-refractivity contribution is -0.151. The first kappa shape index (κ1) is 58.7. The van der Waals surface area contributed by atoms with E-state index in [-0.39, 0.29) is 49.0 Å². The molecule has 0 saturated carbocycles. The van der Waals surface area contributed by atoms with E-state index in [1.54, 1.807) is 17.9 Å². The van der Waals surface area contributed by atoms with Gasteiger partial charge in [-0.2, -0.15) is 0 Å². The molecule has 3 aliphatic heterocycles. The van der Waals surface area contributed by atoms with Crippen LogP contribution in [0.3, 0.4) is 0 Å². The summed E-state index contributed by atoms with van der Waals surface area (Å²) in [5, 5.41) is 12.1. The second kappa shape index (κ2) is 26.5. The van der Waals surface area contributed by atoms with Crippen molar-refractivity contribution in [2.24, 2.45) is 11.8 Å². The highest BCUT2D eigenvalue weighted by Gasteiger charge is 2.51. The molecule has 1 amide bonds. The van der Waals surface area contributed by atoms with Gasteiger partial charge in [0.2, 0.25) is 0 Å². The van der Waals surface area contributed by atoms with Crippen LogP contribution in [0.4, 0.5) is 4.79 Å². The number of hydrogen-bond acceptors (Lipinski definition) is 10. The maximum atomic E-state index is 14.1. The molecule has 66 heavy (non-hydrogen) atoms. The molecule has 0 unspecified atom stereocenters. The molecule has 14 heteroatoms. The molecule has 0 aromatic heterocycles. The van der Waals surface area contributed by atoms with Crippen LogP contribution in [0.2, 0.25) is 54.4 Å². The number of piperazine rings is 1. The molecule has 0 aromatic rings. The predicted molar refractivity (Wildman–Crippen MR) is 278 cm³/mol. The van der Waals surface area contributed by atoms with E-state index in [4.69, 9.17) is 27.5 Å². The first-order valence-electron chi connectivity index (χ1n) is 26.5. The molecule has 1 N–H and O–H groups in total. The maximum Gasteiger partial charge on any atom is 0.410 e. The molecule has 11 nitrogen and oxygen atoms in total. The third-order valence-corrected chi connectivity index (χ3v) is 30.5. The summed E-state index contributed by atoms with van der Waals surface area (Å²) in [5.74, 6) is -0.334. The lowest BCUT2D eigenvalue weighted by Gasteiger charge is -2.39. The number of cyclic esters (lactones) is 1. The zero-order valence-electron chi connectivity index (χ0n) is 44.8. The van der Waals surface area contributed by atoms with Crippen LogP contribution in [0, 0.1) is 11.8 Å². The average molecular weight is 980 g/mol. The van der Waals surface area contributed by atoms with Gasteiger partial charge in [0.15, 0.2) is 31.1 Å². The van der Waals surface area contributed by atoms with Crippen molar-refractivity contribution in [3.05, 3.63) is 36.0 Å². The van der Waals surface area contributed by atoms with E-state index >= 15 is 0 Å². The van der Waals surface area contributed by atoms with Crippen LogP contribution in [-0.4, -0.2) is 133 Å². The van der Waals surface area contributed by atoms with Crippen molar-refractivity contribution in [1.82, 2.24) is 9.80 Å². The van der Waals surface area contributed by atoms with Crippen molar-refractivity contribution in [2.75, 3.05) is 33.2 Å². The number of nitrogens with zero attached hydrogens (tertiary/aromatic N) is 2. The highest BCUT2D eigenvalue weighted by atomic mass is 28.4. The summed E-state index contributed by atoms with van der Waals surface area (Å²) in [5.41, 5.74) is -1.09. The molecule has 10 atom stereocenters. The van der Waals surface area contributed by atoms with Crippen molar-refractivity contribution in [3.63, 3.8) is 0 Å². The van der Waals surface area contributed by atoms with E-state index in [0.29, 0.717) is 19.5 Å². The molecule has 0 radical (unpaired) electrons. The molecule has 3 rings (SSSR count). The second-order valence-electron chi connectivity index (χ2n) is 20.8. The molecule has 3 aliphatic rings. The topological polar surface area (TPSA) is 120 Å². The van der Waals surface area contributed by atoms with Crippen molar-refractivity contribution < 1.29 is 42.2 Å². The number of carbonyl (C=O) groups excluding carboxylic acids is 2. The van der Waals surface area contributed by atoms with Gasteiger partial charge >= 0.3 is 12.1 Å². The third kappa shape index (κ3) is 16.2. The van der Waals surface area contributed by atoms with Gasteiger partial charge in [0.05, 0.1) is 30.3 Å². The summed E-state index contributed by atoms with van der Waals surface area (Å²) in [6, 6.07) is 9.33. The minimum Gasteiger partial charge on any atom is -0.457 e. The second-order valence-corrected chi connectivity index (χ2v) is 34.9. The quantitative estimate of drug-likeness (QED) is 0.0329. The Hall–Kier alpha value is -1.63. The van der Waals surface area contributed by atoms with Gasteiger partial charge in [-0.25, -0.2) is 4.79 Å². The van der Waals surface area contributed by atoms with Crippen molar-refractivity contribution in [1.29, 1.82) is 0 Å². The van der Waals surface area contributed by atoms with E-state index in [1.807, 2.05) is 27.0 Å². The zero-order valence-corrected chi connectivity index (χ0v) is 47.8. The first-order valence-corrected chi connectivity index (χ1v) is 34.1. The number of rotatable bonds is 24. The van der Waals surface area contributed by atoms with Crippen LogP contribution < -0.4 is 0 Å². The smallest absolute Gasteiger partial charge is 0.410 e. The van der Waals surface area contributed by atoms with Crippen molar-refractivity contribution in [2.45, 2.75) is 238 Å². The van der Waals surface area contributed by atoms with E-state index < -0.39 is 60.6 Å². The standard InChI is InChI=1S/C52H98N2O9Si3/c1-17-44(62-65(21-5,22-6)23-7)42(13)49-45(58-49)39-51(14,63-66(24-8,25-9)26-10)32-27-28-40(11)48-41(12)29-30-46(59-50(56)54-36-34-53(16)35-37-54)52(15,57)33-31-43(38-47(55)60-48)61-64(18-2,19-3)20-4/h27-30,32,41-46,48-49,57H,17-26,31,33-39H2,1-16H3/b30-29+,32-27+,40-28+/t41-,42+,43+,44-,45-,46+,48+,49-,51-,52+/m0/s1. The van der Waals surface area contributed by atoms with Crippen LogP contribution >= 0.6 is 0 Å². The summed E-state index contributed by atoms with van der Waals surface area (Å²) < 4.78 is 40.5. The Balaban J connectivity index is 2.00. The van der Waals surface area contributed by atoms with Gasteiger partial charge in [0.25, 0.3) is 0 Å². The molecular formula is C52H98N2O9Si3. The van der Waals surface area contributed by atoms with Crippen LogP contribution in [0.1, 0.15) is 136 Å². The number of hydrogen-bond donors (Lipinski definition) is 1. The van der Waals surface area contributed by atoms with Gasteiger partial charge in [0.1, 0.15) is 11.7 Å². The van der Waals surface area contributed by atoms with Crippen molar-refractivity contribution in [3.8, 4) is 0 Å². The predicted octanol–water partition coefficient (Wildman–Crippen LogP) is 12.0. The third-order valence-electron chi connectivity index (χ3n) is 16.4. The molecule has 0 bridgehead atoms. The van der Waals surface area contributed by atoms with Crippen LogP contribution in [0.15, 0.2) is 36.0 Å². The molecule has 2 saturated heterocycles. The molecule has 0 aromatic carbocycles. The first-order chi connectivity index (χ1) is 31.1. The Labute approximate surface area is 406 Å². The summed E-state index contributed by atoms with van der Waals surface area (Å²) in [7, 11) is -3.92. The van der Waals surface area contributed by atoms with Gasteiger partial charge < -0.3 is 42.4 Å². The Morgan fingerprint density at radius 3 is 2.00 bits per heavy atom. The number of carbonyl (C=O) groups is 2. The summed E-state index contributed by atoms with van der Waals surface area (Å²) in [6.45, 7) is 35.4. The Morgan fingerprint density at radius 1 is 0.909 bits per heavy atom. The minimum absolute atomic E-state index is 0.0774. The maximum absolute atomic E-state index is 14.1. The van der Waals surface area contributed by atoms with Crippen molar-refractivity contribution >= 4 is 37.0 Å². The van der Waals surface area contributed by atoms with E-state index in [2.05, 4.69) is 106 Å². The number of amides is 1. The zero-order chi connectivity index (χ0) is 49.5. The SMILES string of the molecule is CC[C@H](O[Si](CC)(CC)CC)[C@@H](C)[C@@H]1O[C@H]1C[C@](C)(/C=C/C=C(\C)[C@H]1OC(=O)C[C@H](O[Si](CC)(CC)CC)CC[C@@](C)(O)[C@H](OC(=O)N2CCN(C)CC2)/C=C/[C@@H]1C)O[Si](CC)(CC)CC. The fraction of sp³-hybridized carbons (Fsp3) is 0.846. The normalized spacial score (nSPS) is 29.1. The number of allylic oxidation sites excluding steroid dienone is 2. The monoisotopic (exact) mass is 979 g/mol. The summed E-state index contributed by atoms with van der Waals surface area (Å²) >= 11 is 0. The molecule has 2 fully saturated rings. The minimum atomic E-state index is -2.14. The summed E-state index contributed by atoms with van der Waals surface area (Å²) in [4.78, 5) is 31.6. The summed E-state index contributed by atoms with van der Waals surface area (Å²) in [6.07, 6.45) is 10.6. The molecule has 3 heterocycles. The highest BCUT2D eigenvalue weighted by molar-refractivity contribution is 6.74. The fourth-order valence-corrected chi connectivity index (χ4v) is 19.5. The van der Waals surface area contributed by atoms with Gasteiger partial charge in [-0.05, 0) is 113 Å². The molecule has 0 aliphatic carbocycles. The van der Waals surface area contributed by atoms with E-state index in [1.165, 1.54) is 0 Å². The number of epoxide rings is 1. The van der Waals surface area contributed by atoms with Gasteiger partial charge in [-0.3, -0.25) is 4.79 Å². The van der Waals surface area contributed by atoms with E-state index in [9.17, 15) is 14.7 Å². The number of likely N-dealkylation sites (N-methyl/N-ethyl adjacent to an activating group) is 1. The Morgan fingerprint density at radius 2 is 1.47 bits per heavy atom. The molecule has 382 valence electrons. The van der Waals surface area contributed by atoms with Crippen LogP contribution in [0.5, 0.6) is 0 Å². The highest BCUT2D eigenvalue weighted by Crippen LogP contribution is 2.43. The average Bonchev–Trinajstić information content (AvgIpc) is 4.08. The lowest BCUT2D eigenvalue weighted by atomic mass is 9.88. The Kier molecular flexibility index (Phi) is 23.6. The molecule has 0 spiro atoms. The van der Waals surface area contributed by atoms with Crippen LogP contribution in [0.25, 0.3) is 0 Å². The number of aliphatic hydroxyl groups is 1. The lowest BCUT2D eigenvalue weighted by Crippen LogP contribution is -2.50. The van der Waals surface area contributed by atoms with Gasteiger partial charge in [-0.1, -0.05) is 107 Å². The number of esters is 1. The Bertz CT molecular complexity index is 1550. The van der Waals surface area contributed by atoms with Crippen LogP contribution in [-0.2, 0) is 32.3 Å². The number of ether oxygens (including phenoxy) is 3. The largest absolute Gasteiger partial charge is 0.457 e. The van der Waals surface area contributed by atoms with Gasteiger partial charge in [0, 0.05) is 50.5 Å².